The zero-order chi connectivity index (χ0) is 26.2. The van der Waals surface area contributed by atoms with E-state index in [-0.39, 0.29) is 64.7 Å². The Bertz CT molecular complexity index is 934. The number of piperidine rings is 1. The maximum atomic E-state index is 14.1. The molecular formula is C30H47NO5. The van der Waals surface area contributed by atoms with Crippen molar-refractivity contribution in [3.8, 4) is 0 Å². The predicted molar refractivity (Wildman–Crippen MR) is 137 cm³/mol. The third-order valence-electron chi connectivity index (χ3n) is 12.0. The van der Waals surface area contributed by atoms with Gasteiger partial charge in [0.05, 0.1) is 19.6 Å². The lowest BCUT2D eigenvalue weighted by molar-refractivity contribution is -0.226. The van der Waals surface area contributed by atoms with Crippen LogP contribution in [0.15, 0.2) is 0 Å². The number of aliphatic hydroxyl groups excluding tert-OH is 1. The number of ether oxygens (including phenoxy) is 1. The third kappa shape index (κ3) is 3.75. The minimum absolute atomic E-state index is 0.158. The number of hydrogen-bond donors (Lipinski definition) is 1. The predicted octanol–water partition coefficient (Wildman–Crippen LogP) is 4.42. The Hall–Kier alpha value is -1.27. The minimum atomic E-state index is -0.572. The monoisotopic (exact) mass is 501 g/mol. The second-order valence-electron chi connectivity index (χ2n) is 14.3. The van der Waals surface area contributed by atoms with Crippen LogP contribution in [0.4, 0.5) is 0 Å². The summed E-state index contributed by atoms with van der Waals surface area (Å²) in [5.41, 5.74) is -1.19. The van der Waals surface area contributed by atoms with Crippen molar-refractivity contribution in [1.29, 1.82) is 0 Å². The molecular weight excluding hydrogens is 454 g/mol. The van der Waals surface area contributed by atoms with Gasteiger partial charge in [0.1, 0.15) is 11.6 Å². The van der Waals surface area contributed by atoms with Gasteiger partial charge in [-0.05, 0) is 72.5 Å². The molecule has 0 aromatic rings. The summed E-state index contributed by atoms with van der Waals surface area (Å²) in [6.45, 7) is 11.8. The van der Waals surface area contributed by atoms with Crippen LogP contribution < -0.4 is 0 Å². The number of methoxy groups -OCH3 is 1. The van der Waals surface area contributed by atoms with Crippen LogP contribution in [-0.4, -0.2) is 59.4 Å². The Kier molecular flexibility index (Phi) is 6.51. The van der Waals surface area contributed by atoms with Crippen molar-refractivity contribution in [1.82, 2.24) is 4.90 Å². The number of rotatable bonds is 2. The molecule has 0 aromatic heterocycles. The van der Waals surface area contributed by atoms with Crippen LogP contribution in [0.2, 0.25) is 0 Å². The van der Waals surface area contributed by atoms with E-state index in [9.17, 15) is 19.5 Å². The van der Waals surface area contributed by atoms with E-state index in [0.717, 1.165) is 38.5 Å². The van der Waals surface area contributed by atoms with Gasteiger partial charge in [-0.1, -0.05) is 34.6 Å². The number of carbonyl (C=O) groups excluding carboxylic acids is 3. The van der Waals surface area contributed by atoms with Crippen molar-refractivity contribution in [2.75, 3.05) is 13.7 Å². The summed E-state index contributed by atoms with van der Waals surface area (Å²) in [6.07, 6.45) is 6.50. The number of carbonyl (C=O) groups is 3. The van der Waals surface area contributed by atoms with Crippen LogP contribution in [-0.2, 0) is 19.1 Å². The summed E-state index contributed by atoms with van der Waals surface area (Å²) in [5.74, 6) is 0.697. The molecule has 2 saturated heterocycles. The normalized spacial score (nSPS) is 51.3. The Labute approximate surface area is 216 Å². The van der Waals surface area contributed by atoms with Gasteiger partial charge < -0.3 is 9.84 Å². The molecule has 3 aliphatic carbocycles. The molecule has 0 amide bonds. The zero-order valence-corrected chi connectivity index (χ0v) is 23.2. The van der Waals surface area contributed by atoms with Gasteiger partial charge in [-0.2, -0.15) is 0 Å². The summed E-state index contributed by atoms with van der Waals surface area (Å²) >= 11 is 0. The van der Waals surface area contributed by atoms with Gasteiger partial charge in [-0.15, -0.1) is 0 Å². The highest BCUT2D eigenvalue weighted by Gasteiger charge is 2.71. The third-order valence-corrected chi connectivity index (χ3v) is 12.0. The lowest BCUT2D eigenvalue weighted by atomic mass is 9.35. The van der Waals surface area contributed by atoms with Crippen LogP contribution in [0.25, 0.3) is 0 Å². The fourth-order valence-electron chi connectivity index (χ4n) is 10.4. The van der Waals surface area contributed by atoms with E-state index in [1.54, 1.807) is 0 Å². The molecule has 0 radical (unpaired) electrons. The van der Waals surface area contributed by atoms with Crippen molar-refractivity contribution in [3.05, 3.63) is 0 Å². The molecule has 2 aliphatic heterocycles. The Morgan fingerprint density at radius 2 is 1.78 bits per heavy atom. The van der Waals surface area contributed by atoms with Crippen molar-refractivity contribution in [3.63, 3.8) is 0 Å². The summed E-state index contributed by atoms with van der Waals surface area (Å²) in [6, 6.07) is 0.575. The molecule has 11 atom stereocenters. The number of fused-ring (bicyclic) bond motifs is 6. The van der Waals surface area contributed by atoms with E-state index in [4.69, 9.17) is 4.74 Å². The van der Waals surface area contributed by atoms with Crippen molar-refractivity contribution in [2.45, 2.75) is 111 Å². The van der Waals surface area contributed by atoms with E-state index < -0.39 is 5.41 Å². The van der Waals surface area contributed by atoms with E-state index in [1.165, 1.54) is 7.11 Å². The SMILES string of the molecule is COC(=O)C[C@@]1(C)[C@H]2C(=O)C[C@@H]3C(=O)CC(C)C[C@H]3[C@]2(C)CC2N3C[C@H](O)C[C@H](C)CC3CC[C@]21C. The lowest BCUT2D eigenvalue weighted by Crippen LogP contribution is -2.73. The number of hydrogen-bond acceptors (Lipinski definition) is 6. The minimum Gasteiger partial charge on any atom is -0.469 e. The molecule has 3 unspecified atom stereocenters. The number of aliphatic hydroxyl groups is 1. The van der Waals surface area contributed by atoms with Gasteiger partial charge in [-0.25, -0.2) is 0 Å². The van der Waals surface area contributed by atoms with Gasteiger partial charge in [0.15, 0.2) is 0 Å². The van der Waals surface area contributed by atoms with Crippen LogP contribution in [0.5, 0.6) is 0 Å². The Balaban J connectivity index is 1.65. The van der Waals surface area contributed by atoms with Crippen LogP contribution in [0.3, 0.4) is 0 Å². The maximum absolute atomic E-state index is 14.1. The maximum Gasteiger partial charge on any atom is 0.306 e. The first-order valence-corrected chi connectivity index (χ1v) is 14.4. The smallest absolute Gasteiger partial charge is 0.306 e. The molecule has 6 heteroatoms. The lowest BCUT2D eigenvalue weighted by Gasteiger charge is -2.71. The Morgan fingerprint density at radius 3 is 2.47 bits per heavy atom. The second kappa shape index (κ2) is 8.90. The second-order valence-corrected chi connectivity index (χ2v) is 14.3. The van der Waals surface area contributed by atoms with Gasteiger partial charge in [-0.3, -0.25) is 19.3 Å². The van der Waals surface area contributed by atoms with E-state index in [0.29, 0.717) is 37.3 Å². The molecule has 202 valence electrons. The molecule has 0 bridgehead atoms. The van der Waals surface area contributed by atoms with E-state index >= 15 is 0 Å². The van der Waals surface area contributed by atoms with Gasteiger partial charge >= 0.3 is 5.97 Å². The van der Waals surface area contributed by atoms with Gasteiger partial charge in [0, 0.05) is 43.3 Å². The number of nitrogens with zero attached hydrogens (tertiary/aromatic N) is 1. The quantitative estimate of drug-likeness (QED) is 0.564. The van der Waals surface area contributed by atoms with Crippen LogP contribution >= 0.6 is 0 Å². The van der Waals surface area contributed by atoms with Crippen LogP contribution in [0, 0.1) is 45.8 Å². The first-order valence-electron chi connectivity index (χ1n) is 14.4. The fraction of sp³-hybridized carbons (Fsp3) is 0.900. The molecule has 5 rings (SSSR count). The fourth-order valence-corrected chi connectivity index (χ4v) is 10.4. The molecule has 6 nitrogen and oxygen atoms in total. The molecule has 1 N–H and O–H groups in total. The molecule has 5 aliphatic rings. The summed E-state index contributed by atoms with van der Waals surface area (Å²) < 4.78 is 5.23. The average Bonchev–Trinajstić information content (AvgIpc) is 2.92. The summed E-state index contributed by atoms with van der Waals surface area (Å²) in [4.78, 5) is 42.9. The largest absolute Gasteiger partial charge is 0.469 e. The molecule has 36 heavy (non-hydrogen) atoms. The average molecular weight is 502 g/mol. The van der Waals surface area contributed by atoms with E-state index in [2.05, 4.69) is 39.5 Å². The molecule has 0 spiro atoms. The number of ketones is 2. The van der Waals surface area contributed by atoms with Crippen molar-refractivity contribution >= 4 is 17.5 Å². The number of Topliss-reactive ketones (excluding diaryl/α,β-unsaturated/α-hetero) is 2. The first-order chi connectivity index (χ1) is 16.8. The van der Waals surface area contributed by atoms with Gasteiger partial charge in [0.25, 0.3) is 0 Å². The van der Waals surface area contributed by atoms with Crippen molar-refractivity contribution in [2.24, 2.45) is 45.8 Å². The summed E-state index contributed by atoms with van der Waals surface area (Å²) in [7, 11) is 1.44. The molecule has 2 heterocycles. The molecule has 3 saturated carbocycles. The van der Waals surface area contributed by atoms with Crippen LogP contribution in [0.1, 0.15) is 92.4 Å². The van der Waals surface area contributed by atoms with Gasteiger partial charge in [0.2, 0.25) is 0 Å². The first kappa shape index (κ1) is 26.3. The highest BCUT2D eigenvalue weighted by molar-refractivity contribution is 5.93. The Morgan fingerprint density at radius 1 is 1.06 bits per heavy atom. The number of esters is 1. The standard InChI is InChI=1S/C30H47NO5/c1-17-9-19-7-8-29(4)25(31(19)16-20(32)10-17)14-28(3)22-11-18(2)12-23(33)21(22)13-24(34)27(28)30(29,5)15-26(35)36-6/h17-22,25,27,32H,7-16H2,1-6H3/t17-,18?,19?,20-,21+,22-,25?,27+,28+,29-,30+/m1/s1. The summed E-state index contributed by atoms with van der Waals surface area (Å²) in [5, 5.41) is 11.0. The topological polar surface area (TPSA) is 83.9 Å². The molecule has 0 aromatic carbocycles. The molecule has 5 fully saturated rings. The van der Waals surface area contributed by atoms with E-state index in [1.807, 2.05) is 0 Å². The zero-order valence-electron chi connectivity index (χ0n) is 23.2. The highest BCUT2D eigenvalue weighted by Crippen LogP contribution is 2.71. The highest BCUT2D eigenvalue weighted by atomic mass is 16.5. The van der Waals surface area contributed by atoms with Crippen molar-refractivity contribution < 1.29 is 24.2 Å².